The first-order valence-corrected chi connectivity index (χ1v) is 25.4. The van der Waals surface area contributed by atoms with Crippen LogP contribution in [0.5, 0.6) is 5.75 Å². The molecule has 0 unspecified atom stereocenters. The van der Waals surface area contributed by atoms with Crippen LogP contribution in [0.15, 0.2) is 66.3 Å². The van der Waals surface area contributed by atoms with Crippen LogP contribution in [0.3, 0.4) is 0 Å². The van der Waals surface area contributed by atoms with Gasteiger partial charge in [-0.05, 0) is 93.6 Å². The van der Waals surface area contributed by atoms with Crippen LogP contribution >= 0.6 is 23.6 Å². The fourth-order valence-electron chi connectivity index (χ4n) is 9.01. The summed E-state index contributed by atoms with van der Waals surface area (Å²) in [5.41, 5.74) is -2.98. The Morgan fingerprint density at radius 1 is 0.961 bits per heavy atom. The van der Waals surface area contributed by atoms with E-state index in [2.05, 4.69) is 20.6 Å². The fourth-order valence-corrected chi connectivity index (χ4v) is 10.3. The third kappa shape index (κ3) is 12.2. The van der Waals surface area contributed by atoms with Crippen LogP contribution in [0.25, 0.3) is 21.7 Å². The molecule has 3 N–H and O–H groups in total. The second-order valence-corrected chi connectivity index (χ2v) is 21.3. The van der Waals surface area contributed by atoms with E-state index in [0.29, 0.717) is 11.0 Å². The van der Waals surface area contributed by atoms with Crippen molar-refractivity contribution in [1.29, 1.82) is 5.26 Å². The number of β-amino-alcohol motifs (C(OH)–C–C–N with tert-alkyl or cyclic N) is 1. The number of ether oxygens (including phenoxy) is 2. The predicted molar refractivity (Wildman–Crippen MR) is 274 cm³/mol. The van der Waals surface area contributed by atoms with Crippen molar-refractivity contribution in [2.45, 2.75) is 104 Å². The van der Waals surface area contributed by atoms with Crippen LogP contribution in [0, 0.1) is 46.9 Å². The highest BCUT2D eigenvalue weighted by Crippen LogP contribution is 2.43. The average molecular weight is 1110 g/mol. The summed E-state index contributed by atoms with van der Waals surface area (Å²) in [5.74, 6) is -8.90. The van der Waals surface area contributed by atoms with Gasteiger partial charge in [0.15, 0.2) is 34.1 Å². The summed E-state index contributed by atoms with van der Waals surface area (Å²) in [6, 6.07) is 10.3. The van der Waals surface area contributed by atoms with Gasteiger partial charge in [-0.15, -0.1) is 11.3 Å². The number of nitrogens with one attached hydrogen (secondary N) is 2. The first-order chi connectivity index (χ1) is 36.1. The van der Waals surface area contributed by atoms with Gasteiger partial charge in [0.05, 0.1) is 64.0 Å². The zero-order valence-corrected chi connectivity index (χ0v) is 44.3. The number of aromatic nitrogens is 2. The minimum Gasteiger partial charge on any atom is -0.488 e. The number of thiocarbonyl (C=S) groups is 1. The van der Waals surface area contributed by atoms with Crippen molar-refractivity contribution in [3.63, 3.8) is 0 Å². The van der Waals surface area contributed by atoms with E-state index in [9.17, 15) is 37.5 Å². The molecule has 77 heavy (non-hydrogen) atoms. The molecular formula is C53H53F7N8O7S2. The van der Waals surface area contributed by atoms with Gasteiger partial charge < -0.3 is 35.0 Å². The molecule has 7 rings (SSSR count). The molecule has 2 aliphatic rings. The third-order valence-corrected chi connectivity index (χ3v) is 14.4. The van der Waals surface area contributed by atoms with Crippen molar-refractivity contribution in [1.82, 2.24) is 25.5 Å². The molecule has 408 valence electrons. The molecule has 24 heteroatoms. The Morgan fingerprint density at radius 3 is 2.22 bits per heavy atom. The van der Waals surface area contributed by atoms with Crippen molar-refractivity contribution in [2.75, 3.05) is 36.2 Å². The second kappa shape index (κ2) is 22.9. The number of hydrogen-bond donors (Lipinski definition) is 3. The van der Waals surface area contributed by atoms with Crippen LogP contribution in [0.1, 0.15) is 89.2 Å². The van der Waals surface area contributed by atoms with Gasteiger partial charge in [0.1, 0.15) is 35.5 Å². The minimum absolute atomic E-state index is 0.00476. The Morgan fingerprint density at radius 2 is 1.62 bits per heavy atom. The quantitative estimate of drug-likeness (QED) is 0.0456. The number of likely N-dealkylation sites (tertiary alicyclic amines) is 1. The van der Waals surface area contributed by atoms with E-state index >= 15 is 17.6 Å². The number of amides is 4. The third-order valence-electron chi connectivity index (χ3n) is 13.0. The number of rotatable bonds is 17. The van der Waals surface area contributed by atoms with Crippen LogP contribution in [-0.4, -0.2) is 98.8 Å². The molecule has 0 spiro atoms. The number of carbonyl (C=O) groups excluding carboxylic acids is 4. The maximum Gasteiger partial charge on any atom is 0.420 e. The van der Waals surface area contributed by atoms with Crippen LogP contribution in [-0.2, 0) is 30.1 Å². The van der Waals surface area contributed by atoms with E-state index in [1.165, 1.54) is 36.2 Å². The van der Waals surface area contributed by atoms with Crippen LogP contribution in [0.4, 0.5) is 42.1 Å². The highest BCUT2D eigenvalue weighted by molar-refractivity contribution is 7.81. The van der Waals surface area contributed by atoms with Gasteiger partial charge >= 0.3 is 6.18 Å². The Balaban J connectivity index is 0.895. The number of aliphatic hydroxyl groups excluding tert-OH is 1. The highest BCUT2D eigenvalue weighted by Gasteiger charge is 2.52. The van der Waals surface area contributed by atoms with Gasteiger partial charge in [-0.1, -0.05) is 45.0 Å². The summed E-state index contributed by atoms with van der Waals surface area (Å²) in [7, 11) is 0. The number of nitrogens with zero attached hydrogens (tertiary/aromatic N) is 6. The molecule has 0 saturated carbocycles. The molecule has 0 bridgehead atoms. The number of pyridine rings is 1. The average Bonchev–Trinajstić information content (AvgIpc) is 4.09. The monoisotopic (exact) mass is 1110 g/mol. The zero-order valence-electron chi connectivity index (χ0n) is 42.7. The number of halogens is 7. The lowest BCUT2D eigenvalue weighted by atomic mass is 9.85. The van der Waals surface area contributed by atoms with Gasteiger partial charge in [-0.3, -0.25) is 29.1 Å². The SMILES string of the molecule is Cc1ncsc1-c1ccc([C@H](C)NC(=O)[C@@H]2C[C@@H](O)CN2C(=O)[C@@H](NC(=O)COCCCCOc2c(F)cc(-c3ncc(N4C(=S)N(c5ccc(C#N)c(C(F)(F)F)c5F)C(=O)C4(C)C)cc3F)cc2F)C(C)(C)C)cc1. The number of aryl methyl sites for hydroxylation is 1. The molecule has 5 aromatic rings. The summed E-state index contributed by atoms with van der Waals surface area (Å²) in [4.78, 5) is 66.6. The molecule has 2 aromatic heterocycles. The van der Waals surface area contributed by atoms with Crippen molar-refractivity contribution >= 4 is 63.7 Å². The Bertz CT molecular complexity index is 3120. The smallest absolute Gasteiger partial charge is 0.420 e. The van der Waals surface area contributed by atoms with Gasteiger partial charge in [0, 0.05) is 31.2 Å². The van der Waals surface area contributed by atoms with Crippen molar-refractivity contribution < 1.29 is 64.5 Å². The molecule has 0 radical (unpaired) electrons. The lowest BCUT2D eigenvalue weighted by Gasteiger charge is -2.35. The van der Waals surface area contributed by atoms with Crippen LogP contribution in [0.2, 0.25) is 0 Å². The molecule has 2 aliphatic heterocycles. The van der Waals surface area contributed by atoms with Crippen molar-refractivity contribution in [2.24, 2.45) is 5.41 Å². The van der Waals surface area contributed by atoms with E-state index in [4.69, 9.17) is 27.0 Å². The van der Waals surface area contributed by atoms with E-state index in [1.807, 2.05) is 38.1 Å². The molecule has 15 nitrogen and oxygen atoms in total. The number of hydrogen-bond acceptors (Lipinski definition) is 12. The largest absolute Gasteiger partial charge is 0.488 e. The molecule has 2 saturated heterocycles. The van der Waals surface area contributed by atoms with Gasteiger partial charge in [0.25, 0.3) is 5.91 Å². The zero-order chi connectivity index (χ0) is 56.5. The molecule has 4 atom stereocenters. The molecular weight excluding hydrogens is 1060 g/mol. The summed E-state index contributed by atoms with van der Waals surface area (Å²) < 4.78 is 114. The lowest BCUT2D eigenvalue weighted by Crippen LogP contribution is -2.58. The van der Waals surface area contributed by atoms with E-state index < -0.39 is 128 Å². The highest BCUT2D eigenvalue weighted by atomic mass is 32.1. The Labute approximate surface area is 448 Å². The Kier molecular flexibility index (Phi) is 17.1. The number of nitriles is 1. The fraction of sp³-hybridized carbons (Fsp3) is 0.396. The maximum atomic E-state index is 15.8. The summed E-state index contributed by atoms with van der Waals surface area (Å²) in [6.45, 7) is 10.8. The molecule has 4 amide bonds. The topological polar surface area (TPSA) is 190 Å². The van der Waals surface area contributed by atoms with E-state index in [-0.39, 0.29) is 50.3 Å². The van der Waals surface area contributed by atoms with Crippen molar-refractivity contribution in [3.8, 4) is 33.5 Å². The van der Waals surface area contributed by atoms with Gasteiger partial charge in [0.2, 0.25) is 17.7 Å². The molecule has 2 fully saturated rings. The summed E-state index contributed by atoms with van der Waals surface area (Å²) in [6.07, 6.45) is -4.80. The molecule has 3 aromatic carbocycles. The van der Waals surface area contributed by atoms with Gasteiger partial charge in [-0.25, -0.2) is 22.5 Å². The number of benzene rings is 3. The van der Waals surface area contributed by atoms with Gasteiger partial charge in [-0.2, -0.15) is 18.4 Å². The second-order valence-electron chi connectivity index (χ2n) is 20.0. The summed E-state index contributed by atoms with van der Waals surface area (Å²) in [5, 5.41) is 24.9. The first-order valence-electron chi connectivity index (χ1n) is 24.1. The predicted octanol–water partition coefficient (Wildman–Crippen LogP) is 9.09. The first kappa shape index (κ1) is 57.6. The summed E-state index contributed by atoms with van der Waals surface area (Å²) >= 11 is 6.92. The molecule has 0 aliphatic carbocycles. The number of carbonyl (C=O) groups is 4. The van der Waals surface area contributed by atoms with Crippen LogP contribution < -0.4 is 25.2 Å². The van der Waals surface area contributed by atoms with Crippen molar-refractivity contribution in [3.05, 3.63) is 112 Å². The number of thiazole rings is 1. The number of unbranched alkanes of at least 4 members (excludes halogenated alkanes) is 1. The number of aliphatic hydroxyl groups is 1. The Hall–Kier alpha value is -7.07. The number of alkyl halides is 3. The lowest BCUT2D eigenvalue weighted by molar-refractivity contribution is -0.144. The normalized spacial score (nSPS) is 17.4. The number of anilines is 2. The standard InChI is InChI=1S/C53H53F7N8O7S2/c1-27(29-10-12-30(13-11-29)45-28(2)63-26-77-45)64-47(71)39-21-34(69)24-66(39)48(72)46(51(3,4)5)65-40(70)25-74-16-8-9-17-75-44-36(55)18-32(19-37(44)56)43-35(54)20-33(23-62-43)68-50(76)67(49(73)52(68,6)7)38-15-14-31(22-61)41(42(38)57)53(58,59)60/h10-15,18-20,23,26-27,34,39,46,69H,8-9,16-17,21,24-25H2,1-7H3,(H,64,71)(H,65,70)/t27-,34+,39-,46+/m0/s1. The van der Waals surface area contributed by atoms with E-state index in [1.54, 1.807) is 26.3 Å². The minimum atomic E-state index is -5.31. The van der Waals surface area contributed by atoms with E-state index in [0.717, 1.165) is 57.1 Å². The molecule has 4 heterocycles. The maximum absolute atomic E-state index is 15.8.